The Morgan fingerprint density at radius 1 is 0.920 bits per heavy atom. The molecular formula is C13H22O12. The molecule has 2 fully saturated rings. The summed E-state index contributed by atoms with van der Waals surface area (Å²) in [7, 11) is 1.01. The van der Waals surface area contributed by atoms with Gasteiger partial charge in [-0.15, -0.1) is 0 Å². The maximum atomic E-state index is 11.8. The number of hydrogen-bond donors (Lipinski definition) is 7. The van der Waals surface area contributed by atoms with E-state index in [4.69, 9.17) is 19.3 Å². The fourth-order valence-corrected chi connectivity index (χ4v) is 2.64. The van der Waals surface area contributed by atoms with Gasteiger partial charge in [0.25, 0.3) is 0 Å². The Bertz CT molecular complexity index is 458. The molecule has 1 unspecified atom stereocenters. The van der Waals surface area contributed by atoms with Crippen LogP contribution in [0.15, 0.2) is 0 Å². The fourth-order valence-electron chi connectivity index (χ4n) is 2.64. The van der Waals surface area contributed by atoms with E-state index in [1.54, 1.807) is 0 Å². The van der Waals surface area contributed by atoms with E-state index in [0.29, 0.717) is 0 Å². The molecule has 0 aromatic carbocycles. The first-order valence-corrected chi connectivity index (χ1v) is 7.46. The zero-order chi connectivity index (χ0) is 18.9. The van der Waals surface area contributed by atoms with Crippen molar-refractivity contribution in [2.45, 2.75) is 61.4 Å². The van der Waals surface area contributed by atoms with Crippen molar-refractivity contribution in [3.8, 4) is 0 Å². The van der Waals surface area contributed by atoms with Crippen LogP contribution in [-0.4, -0.2) is 117 Å². The largest absolute Gasteiger partial charge is 0.467 e. The second kappa shape index (κ2) is 8.18. The number of carbonyl (C=O) groups excluding carboxylic acids is 1. The maximum Gasteiger partial charge on any atom is 0.337 e. The Morgan fingerprint density at radius 3 is 2.12 bits per heavy atom. The minimum Gasteiger partial charge on any atom is -0.467 e. The molecule has 0 aliphatic carbocycles. The van der Waals surface area contributed by atoms with E-state index in [-0.39, 0.29) is 0 Å². The minimum atomic E-state index is -1.89. The molecule has 146 valence electrons. The first kappa shape index (κ1) is 20.4. The van der Waals surface area contributed by atoms with Gasteiger partial charge in [0, 0.05) is 0 Å². The van der Waals surface area contributed by atoms with Gasteiger partial charge in [0.05, 0.1) is 13.7 Å². The van der Waals surface area contributed by atoms with Crippen LogP contribution in [0.3, 0.4) is 0 Å². The molecule has 25 heavy (non-hydrogen) atoms. The molecule has 0 spiro atoms. The number of carbonyl (C=O) groups is 1. The maximum absolute atomic E-state index is 11.8. The van der Waals surface area contributed by atoms with Gasteiger partial charge in [-0.2, -0.15) is 0 Å². The summed E-state index contributed by atoms with van der Waals surface area (Å²) in [4.78, 5) is 11.8. The lowest BCUT2D eigenvalue weighted by Crippen LogP contribution is -2.65. The van der Waals surface area contributed by atoms with Crippen LogP contribution >= 0.6 is 0 Å². The van der Waals surface area contributed by atoms with Crippen molar-refractivity contribution in [2.24, 2.45) is 0 Å². The number of rotatable bonds is 4. The average Bonchev–Trinajstić information content (AvgIpc) is 2.61. The summed E-state index contributed by atoms with van der Waals surface area (Å²) in [6.45, 7) is -0.712. The van der Waals surface area contributed by atoms with E-state index < -0.39 is 74.0 Å². The van der Waals surface area contributed by atoms with Gasteiger partial charge in [-0.1, -0.05) is 0 Å². The zero-order valence-electron chi connectivity index (χ0n) is 13.2. The lowest BCUT2D eigenvalue weighted by molar-refractivity contribution is -0.350. The highest BCUT2D eigenvalue weighted by atomic mass is 16.7. The Morgan fingerprint density at radius 2 is 1.56 bits per heavy atom. The molecule has 0 aromatic heterocycles. The minimum absolute atomic E-state index is 0.712. The van der Waals surface area contributed by atoms with Crippen LogP contribution in [0.25, 0.3) is 0 Å². The Labute approximate surface area is 141 Å². The van der Waals surface area contributed by atoms with E-state index in [1.807, 2.05) is 0 Å². The van der Waals surface area contributed by atoms with Gasteiger partial charge in [0.15, 0.2) is 18.7 Å². The molecule has 2 saturated heterocycles. The molecule has 0 radical (unpaired) electrons. The van der Waals surface area contributed by atoms with Crippen LogP contribution in [-0.2, 0) is 23.7 Å². The van der Waals surface area contributed by atoms with E-state index in [1.165, 1.54) is 0 Å². The lowest BCUT2D eigenvalue weighted by Gasteiger charge is -2.44. The highest BCUT2D eigenvalue weighted by molar-refractivity contribution is 5.75. The molecule has 12 heteroatoms. The van der Waals surface area contributed by atoms with Crippen LogP contribution < -0.4 is 0 Å². The second-order valence-corrected chi connectivity index (χ2v) is 5.75. The SMILES string of the molecule is COC(=O)[C@H]1OC(O)[C@H](O)[C@@H](O)[C@@H]1O[C@H]1O[C@H](CO)[C@@H](O)[C@H](O)[C@H]1O. The van der Waals surface area contributed by atoms with Crippen molar-refractivity contribution in [3.05, 3.63) is 0 Å². The number of methoxy groups -OCH3 is 1. The third kappa shape index (κ3) is 3.93. The summed E-state index contributed by atoms with van der Waals surface area (Å²) >= 11 is 0. The van der Waals surface area contributed by atoms with Gasteiger partial charge < -0.3 is 54.7 Å². The van der Waals surface area contributed by atoms with Crippen molar-refractivity contribution < 1.29 is 59.5 Å². The van der Waals surface area contributed by atoms with Crippen LogP contribution in [0.1, 0.15) is 0 Å². The van der Waals surface area contributed by atoms with Crippen LogP contribution in [0.2, 0.25) is 0 Å². The number of aliphatic hydroxyl groups excluding tert-OH is 7. The molecule has 0 bridgehead atoms. The first-order valence-electron chi connectivity index (χ1n) is 7.46. The highest BCUT2D eigenvalue weighted by Gasteiger charge is 2.52. The van der Waals surface area contributed by atoms with Crippen molar-refractivity contribution in [1.29, 1.82) is 0 Å². The van der Waals surface area contributed by atoms with Crippen LogP contribution in [0, 0.1) is 0 Å². The van der Waals surface area contributed by atoms with Crippen LogP contribution in [0.5, 0.6) is 0 Å². The third-order valence-corrected chi connectivity index (χ3v) is 4.14. The number of esters is 1. The van der Waals surface area contributed by atoms with Crippen molar-refractivity contribution in [3.63, 3.8) is 0 Å². The zero-order valence-corrected chi connectivity index (χ0v) is 13.2. The molecule has 0 aromatic rings. The van der Waals surface area contributed by atoms with Gasteiger partial charge in [0.1, 0.15) is 42.7 Å². The lowest BCUT2D eigenvalue weighted by atomic mass is 9.97. The molecule has 2 aliphatic rings. The number of ether oxygens (including phenoxy) is 4. The molecule has 2 rings (SSSR count). The van der Waals surface area contributed by atoms with E-state index in [2.05, 4.69) is 4.74 Å². The van der Waals surface area contributed by atoms with E-state index in [9.17, 15) is 35.4 Å². The molecular weight excluding hydrogens is 348 g/mol. The normalized spacial score (nSPS) is 48.2. The van der Waals surface area contributed by atoms with Gasteiger partial charge in [-0.3, -0.25) is 0 Å². The molecule has 12 nitrogen and oxygen atoms in total. The van der Waals surface area contributed by atoms with E-state index >= 15 is 0 Å². The Hall–Kier alpha value is -0.930. The summed E-state index contributed by atoms with van der Waals surface area (Å²) < 4.78 is 19.7. The molecule has 2 heterocycles. The molecule has 7 N–H and O–H groups in total. The molecule has 2 aliphatic heterocycles. The fraction of sp³-hybridized carbons (Fsp3) is 0.923. The van der Waals surface area contributed by atoms with Gasteiger partial charge in [0.2, 0.25) is 0 Å². The molecule has 0 saturated carbocycles. The van der Waals surface area contributed by atoms with Crippen molar-refractivity contribution in [1.82, 2.24) is 0 Å². The van der Waals surface area contributed by atoms with Gasteiger partial charge >= 0.3 is 5.97 Å². The monoisotopic (exact) mass is 370 g/mol. The van der Waals surface area contributed by atoms with Crippen LogP contribution in [0.4, 0.5) is 0 Å². The number of aliphatic hydroxyl groups is 7. The quantitative estimate of drug-likeness (QED) is 0.233. The summed E-state index contributed by atoms with van der Waals surface area (Å²) in [5, 5.41) is 67.8. The first-order chi connectivity index (χ1) is 11.7. The average molecular weight is 370 g/mol. The van der Waals surface area contributed by atoms with Gasteiger partial charge in [-0.25, -0.2) is 4.79 Å². The second-order valence-electron chi connectivity index (χ2n) is 5.75. The summed E-state index contributed by atoms with van der Waals surface area (Å²) in [6.07, 6.45) is -17.0. The van der Waals surface area contributed by atoms with E-state index in [0.717, 1.165) is 7.11 Å². The summed E-state index contributed by atoms with van der Waals surface area (Å²) in [5.41, 5.74) is 0. The van der Waals surface area contributed by atoms with Crippen molar-refractivity contribution >= 4 is 5.97 Å². The highest BCUT2D eigenvalue weighted by Crippen LogP contribution is 2.29. The Kier molecular flexibility index (Phi) is 6.67. The van der Waals surface area contributed by atoms with Crippen molar-refractivity contribution in [2.75, 3.05) is 13.7 Å². The summed E-state index contributed by atoms with van der Waals surface area (Å²) in [6, 6.07) is 0. The smallest absolute Gasteiger partial charge is 0.337 e. The standard InChI is InChI=1S/C13H22O12/c1-22-12(21)10-9(6(17)7(18)11(20)24-10)25-13-8(19)5(16)4(15)3(2-14)23-13/h3-11,13-20H,2H2,1H3/t3-,4-,5+,6-,7-,8-,9+,10+,11?,13-/m1/s1. The predicted octanol–water partition coefficient (Wildman–Crippen LogP) is -5.22. The summed E-state index contributed by atoms with van der Waals surface area (Å²) in [5.74, 6) is -1.04. The Balaban J connectivity index is 2.20. The van der Waals surface area contributed by atoms with Gasteiger partial charge in [-0.05, 0) is 0 Å². The third-order valence-electron chi connectivity index (χ3n) is 4.14. The topological polar surface area (TPSA) is 196 Å². The molecule has 0 amide bonds. The predicted molar refractivity (Wildman–Crippen MR) is 73.5 cm³/mol. The number of hydrogen-bond acceptors (Lipinski definition) is 12. The molecule has 10 atom stereocenters.